The Morgan fingerprint density at radius 2 is 2.12 bits per heavy atom. The Morgan fingerprint density at radius 1 is 1.44 bits per heavy atom. The number of hydrogen-bond donors (Lipinski definition) is 0. The molecule has 1 amide bonds. The smallest absolute Gasteiger partial charge is 0.222 e. The van der Waals surface area contributed by atoms with Gasteiger partial charge in [0.25, 0.3) is 0 Å². The number of amides is 1. The molecule has 16 heavy (non-hydrogen) atoms. The molecule has 1 aromatic rings. The number of carbonyl (C=O) groups excluding carboxylic acids is 1. The van der Waals surface area contributed by atoms with E-state index < -0.39 is 0 Å². The second-order valence-corrected chi connectivity index (χ2v) is 4.48. The van der Waals surface area contributed by atoms with Gasteiger partial charge in [0.2, 0.25) is 5.91 Å². The van der Waals surface area contributed by atoms with E-state index >= 15 is 0 Å². The van der Waals surface area contributed by atoms with Crippen molar-refractivity contribution in [2.45, 2.75) is 26.8 Å². The number of rotatable bonds is 4. The SMILES string of the molecule is CC(C)CC(=O)N(C)Cc1cccc(F)c1. The molecule has 0 saturated carbocycles. The van der Waals surface area contributed by atoms with Crippen molar-refractivity contribution in [3.63, 3.8) is 0 Å². The van der Waals surface area contributed by atoms with Crippen LogP contribution in [0, 0.1) is 11.7 Å². The highest BCUT2D eigenvalue weighted by Crippen LogP contribution is 2.09. The van der Waals surface area contributed by atoms with Crippen LogP contribution in [-0.2, 0) is 11.3 Å². The minimum absolute atomic E-state index is 0.0965. The second kappa shape index (κ2) is 5.64. The third kappa shape index (κ3) is 4.01. The van der Waals surface area contributed by atoms with Crippen molar-refractivity contribution < 1.29 is 9.18 Å². The molecular weight excluding hydrogens is 205 g/mol. The van der Waals surface area contributed by atoms with Crippen molar-refractivity contribution in [3.05, 3.63) is 35.6 Å². The lowest BCUT2D eigenvalue weighted by Gasteiger charge is -2.18. The van der Waals surface area contributed by atoms with Crippen LogP contribution in [0.15, 0.2) is 24.3 Å². The Labute approximate surface area is 96.1 Å². The van der Waals surface area contributed by atoms with Crippen LogP contribution < -0.4 is 0 Å². The highest BCUT2D eigenvalue weighted by Gasteiger charge is 2.11. The second-order valence-electron chi connectivity index (χ2n) is 4.48. The Bertz CT molecular complexity index is 363. The first-order chi connectivity index (χ1) is 7.49. The maximum atomic E-state index is 12.9. The fourth-order valence-corrected chi connectivity index (χ4v) is 1.50. The summed E-state index contributed by atoms with van der Waals surface area (Å²) in [7, 11) is 1.75. The molecule has 0 radical (unpaired) electrons. The van der Waals surface area contributed by atoms with Crippen LogP contribution in [0.3, 0.4) is 0 Å². The molecule has 1 aromatic carbocycles. The van der Waals surface area contributed by atoms with E-state index in [1.807, 2.05) is 19.9 Å². The van der Waals surface area contributed by atoms with Crippen molar-refractivity contribution in [1.29, 1.82) is 0 Å². The summed E-state index contributed by atoms with van der Waals surface area (Å²) in [5, 5.41) is 0. The van der Waals surface area contributed by atoms with Gasteiger partial charge in [-0.25, -0.2) is 4.39 Å². The van der Waals surface area contributed by atoms with Gasteiger partial charge in [0.1, 0.15) is 5.82 Å². The molecular formula is C13H18FNO. The number of halogens is 1. The minimum Gasteiger partial charge on any atom is -0.341 e. The van der Waals surface area contributed by atoms with E-state index in [9.17, 15) is 9.18 Å². The average molecular weight is 223 g/mol. The van der Waals surface area contributed by atoms with Gasteiger partial charge in [-0.3, -0.25) is 4.79 Å². The van der Waals surface area contributed by atoms with Gasteiger partial charge in [0, 0.05) is 20.0 Å². The van der Waals surface area contributed by atoms with Crippen molar-refractivity contribution in [2.75, 3.05) is 7.05 Å². The fourth-order valence-electron chi connectivity index (χ4n) is 1.50. The van der Waals surface area contributed by atoms with Crippen molar-refractivity contribution in [3.8, 4) is 0 Å². The van der Waals surface area contributed by atoms with Crippen molar-refractivity contribution in [2.24, 2.45) is 5.92 Å². The summed E-state index contributed by atoms with van der Waals surface area (Å²) in [5.41, 5.74) is 0.819. The highest BCUT2D eigenvalue weighted by molar-refractivity contribution is 5.76. The maximum Gasteiger partial charge on any atom is 0.222 e. The third-order valence-electron chi connectivity index (χ3n) is 2.32. The highest BCUT2D eigenvalue weighted by atomic mass is 19.1. The molecule has 0 unspecified atom stereocenters. The minimum atomic E-state index is -0.262. The van der Waals surface area contributed by atoms with Gasteiger partial charge < -0.3 is 4.90 Å². The summed E-state index contributed by atoms with van der Waals surface area (Å²) >= 11 is 0. The number of nitrogens with zero attached hydrogens (tertiary/aromatic N) is 1. The number of benzene rings is 1. The van der Waals surface area contributed by atoms with Gasteiger partial charge in [-0.05, 0) is 23.6 Å². The van der Waals surface area contributed by atoms with Gasteiger partial charge in [-0.2, -0.15) is 0 Å². The lowest BCUT2D eigenvalue weighted by molar-refractivity contribution is -0.131. The van der Waals surface area contributed by atoms with Crippen LogP contribution in [-0.4, -0.2) is 17.9 Å². The van der Waals surface area contributed by atoms with Gasteiger partial charge in [-0.15, -0.1) is 0 Å². The van der Waals surface area contributed by atoms with Gasteiger partial charge in [0.05, 0.1) is 0 Å². The Hall–Kier alpha value is -1.38. The summed E-state index contributed by atoms with van der Waals surface area (Å²) in [4.78, 5) is 13.3. The van der Waals surface area contributed by atoms with Crippen molar-refractivity contribution in [1.82, 2.24) is 4.90 Å². The zero-order chi connectivity index (χ0) is 12.1. The third-order valence-corrected chi connectivity index (χ3v) is 2.32. The maximum absolute atomic E-state index is 12.9. The first-order valence-electron chi connectivity index (χ1n) is 5.47. The lowest BCUT2D eigenvalue weighted by Crippen LogP contribution is -2.27. The molecule has 0 heterocycles. The Kier molecular flexibility index (Phi) is 4.47. The molecule has 0 aromatic heterocycles. The van der Waals surface area contributed by atoms with Crippen LogP contribution >= 0.6 is 0 Å². The van der Waals surface area contributed by atoms with Crippen molar-refractivity contribution >= 4 is 5.91 Å². The number of carbonyl (C=O) groups is 1. The molecule has 88 valence electrons. The van der Waals surface area contributed by atoms with Gasteiger partial charge in [0.15, 0.2) is 0 Å². The van der Waals surface area contributed by atoms with Crippen LogP contribution in [0.2, 0.25) is 0 Å². The van der Waals surface area contributed by atoms with E-state index in [4.69, 9.17) is 0 Å². The van der Waals surface area contributed by atoms with E-state index in [-0.39, 0.29) is 11.7 Å². The molecule has 1 rings (SSSR count). The molecule has 0 aliphatic heterocycles. The van der Waals surface area contributed by atoms with E-state index in [0.29, 0.717) is 18.9 Å². The average Bonchev–Trinajstić information content (AvgIpc) is 2.16. The van der Waals surface area contributed by atoms with E-state index in [1.165, 1.54) is 12.1 Å². The fraction of sp³-hybridized carbons (Fsp3) is 0.462. The first kappa shape index (κ1) is 12.7. The normalized spacial score (nSPS) is 10.6. The molecule has 0 aliphatic rings. The molecule has 0 spiro atoms. The molecule has 0 atom stereocenters. The largest absolute Gasteiger partial charge is 0.341 e. The summed E-state index contributed by atoms with van der Waals surface area (Å²) in [6.07, 6.45) is 0.534. The quantitative estimate of drug-likeness (QED) is 0.768. The number of hydrogen-bond acceptors (Lipinski definition) is 1. The lowest BCUT2D eigenvalue weighted by atomic mass is 10.1. The predicted octanol–water partition coefficient (Wildman–Crippen LogP) is 2.83. The van der Waals surface area contributed by atoms with Crippen LogP contribution in [0.1, 0.15) is 25.8 Å². The zero-order valence-corrected chi connectivity index (χ0v) is 10.0. The van der Waals surface area contributed by atoms with Crippen LogP contribution in [0.25, 0.3) is 0 Å². The summed E-state index contributed by atoms with van der Waals surface area (Å²) in [6, 6.07) is 6.34. The predicted molar refractivity (Wildman–Crippen MR) is 62.3 cm³/mol. The summed E-state index contributed by atoms with van der Waals surface area (Å²) in [5.74, 6) is 0.184. The van der Waals surface area contributed by atoms with Crippen LogP contribution in [0.5, 0.6) is 0 Å². The zero-order valence-electron chi connectivity index (χ0n) is 10.0. The monoisotopic (exact) mass is 223 g/mol. The summed E-state index contributed by atoms with van der Waals surface area (Å²) < 4.78 is 12.9. The van der Waals surface area contributed by atoms with E-state index in [1.54, 1.807) is 18.0 Å². The Balaban J connectivity index is 2.57. The summed E-state index contributed by atoms with van der Waals surface area (Å²) in [6.45, 7) is 4.48. The molecule has 0 fully saturated rings. The standard InChI is InChI=1S/C13H18FNO/c1-10(2)7-13(16)15(3)9-11-5-4-6-12(14)8-11/h4-6,8,10H,7,9H2,1-3H3. The first-order valence-corrected chi connectivity index (χ1v) is 5.47. The molecule has 0 aliphatic carbocycles. The molecule has 0 N–H and O–H groups in total. The molecule has 0 bridgehead atoms. The van der Waals surface area contributed by atoms with E-state index in [2.05, 4.69) is 0 Å². The topological polar surface area (TPSA) is 20.3 Å². The van der Waals surface area contributed by atoms with E-state index in [0.717, 1.165) is 5.56 Å². The molecule has 3 heteroatoms. The van der Waals surface area contributed by atoms with Gasteiger partial charge in [-0.1, -0.05) is 26.0 Å². The molecule has 2 nitrogen and oxygen atoms in total. The Morgan fingerprint density at radius 3 is 2.69 bits per heavy atom. The van der Waals surface area contributed by atoms with Gasteiger partial charge >= 0.3 is 0 Å². The van der Waals surface area contributed by atoms with Crippen LogP contribution in [0.4, 0.5) is 4.39 Å². The molecule has 0 saturated heterocycles.